The summed E-state index contributed by atoms with van der Waals surface area (Å²) >= 11 is 0. The van der Waals surface area contributed by atoms with Gasteiger partial charge in [-0.25, -0.2) is 8.78 Å². The van der Waals surface area contributed by atoms with Crippen molar-refractivity contribution in [2.24, 2.45) is 7.05 Å². The average molecular weight is 264 g/mol. The molecular formula is C14H14F2N2O. The highest BCUT2D eigenvalue weighted by atomic mass is 19.1. The molecule has 0 atom stereocenters. The lowest BCUT2D eigenvalue weighted by molar-refractivity contribution is 0.102. The maximum absolute atomic E-state index is 13.9. The number of aryl methyl sites for hydroxylation is 3. The van der Waals surface area contributed by atoms with Crippen LogP contribution in [0.15, 0.2) is 18.2 Å². The zero-order chi connectivity index (χ0) is 14.2. The van der Waals surface area contributed by atoms with E-state index >= 15 is 0 Å². The predicted octanol–water partition coefficient (Wildman–Crippen LogP) is 2.80. The van der Waals surface area contributed by atoms with Crippen molar-refractivity contribution in [2.75, 3.05) is 0 Å². The second-order valence-corrected chi connectivity index (χ2v) is 4.38. The SMILES string of the molecule is CCc1cc(C(=O)c2c(F)ccc(C)c2F)n(C)n1. The zero-order valence-corrected chi connectivity index (χ0v) is 11.0. The fourth-order valence-corrected chi connectivity index (χ4v) is 1.90. The summed E-state index contributed by atoms with van der Waals surface area (Å²) in [5.41, 5.74) is 0.604. The number of ketones is 1. The Morgan fingerprint density at radius 2 is 2.05 bits per heavy atom. The van der Waals surface area contributed by atoms with Gasteiger partial charge in [0, 0.05) is 7.05 Å². The minimum absolute atomic E-state index is 0.181. The molecule has 0 radical (unpaired) electrons. The molecule has 0 saturated carbocycles. The summed E-state index contributed by atoms with van der Waals surface area (Å²) in [6.07, 6.45) is 0.653. The van der Waals surface area contributed by atoms with Crippen LogP contribution in [0.1, 0.15) is 34.2 Å². The third kappa shape index (κ3) is 2.28. The second-order valence-electron chi connectivity index (χ2n) is 4.38. The lowest BCUT2D eigenvalue weighted by Gasteiger charge is -2.06. The Hall–Kier alpha value is -2.04. The Bertz CT molecular complexity index is 647. The molecule has 3 nitrogen and oxygen atoms in total. The van der Waals surface area contributed by atoms with Gasteiger partial charge in [0.1, 0.15) is 17.3 Å². The first kappa shape index (κ1) is 13.4. The Morgan fingerprint density at radius 1 is 1.37 bits per heavy atom. The first-order valence-electron chi connectivity index (χ1n) is 5.98. The summed E-state index contributed by atoms with van der Waals surface area (Å²) in [6.45, 7) is 3.39. The molecule has 0 aliphatic rings. The number of hydrogen-bond donors (Lipinski definition) is 0. The molecular weight excluding hydrogens is 250 g/mol. The quantitative estimate of drug-likeness (QED) is 0.799. The monoisotopic (exact) mass is 264 g/mol. The molecule has 1 aromatic heterocycles. The normalized spacial score (nSPS) is 10.8. The number of benzene rings is 1. The summed E-state index contributed by atoms with van der Waals surface area (Å²) in [4.78, 5) is 12.2. The van der Waals surface area contributed by atoms with Gasteiger partial charge in [0.15, 0.2) is 0 Å². The number of aromatic nitrogens is 2. The van der Waals surface area contributed by atoms with E-state index in [1.807, 2.05) is 6.92 Å². The van der Waals surface area contributed by atoms with E-state index in [0.29, 0.717) is 12.1 Å². The molecule has 0 spiro atoms. The van der Waals surface area contributed by atoms with Crippen LogP contribution >= 0.6 is 0 Å². The fraction of sp³-hybridized carbons (Fsp3) is 0.286. The van der Waals surface area contributed by atoms with Crippen LogP contribution in [0.4, 0.5) is 8.78 Å². The van der Waals surface area contributed by atoms with Crippen molar-refractivity contribution in [2.45, 2.75) is 20.3 Å². The van der Waals surface area contributed by atoms with E-state index < -0.39 is 23.0 Å². The van der Waals surface area contributed by atoms with Crippen LogP contribution in [-0.4, -0.2) is 15.6 Å². The summed E-state index contributed by atoms with van der Waals surface area (Å²) in [7, 11) is 1.58. The fourth-order valence-electron chi connectivity index (χ4n) is 1.90. The lowest BCUT2D eigenvalue weighted by atomic mass is 10.0. The molecule has 5 heteroatoms. The van der Waals surface area contributed by atoms with Gasteiger partial charge in [0.25, 0.3) is 0 Å². The number of hydrogen-bond acceptors (Lipinski definition) is 2. The van der Waals surface area contributed by atoms with Crippen LogP contribution in [0.5, 0.6) is 0 Å². The van der Waals surface area contributed by atoms with E-state index in [2.05, 4.69) is 5.10 Å². The molecule has 0 fully saturated rings. The minimum atomic E-state index is -0.854. The van der Waals surface area contributed by atoms with Crippen LogP contribution in [0.2, 0.25) is 0 Å². The molecule has 0 aliphatic heterocycles. The number of carbonyl (C=O) groups excluding carboxylic acids is 1. The van der Waals surface area contributed by atoms with Gasteiger partial charge in [-0.2, -0.15) is 5.10 Å². The van der Waals surface area contributed by atoms with E-state index in [0.717, 1.165) is 6.07 Å². The van der Waals surface area contributed by atoms with Gasteiger partial charge in [0.05, 0.1) is 11.3 Å². The van der Waals surface area contributed by atoms with Crippen LogP contribution in [0, 0.1) is 18.6 Å². The minimum Gasteiger partial charge on any atom is -0.287 e. The number of nitrogens with zero attached hydrogens (tertiary/aromatic N) is 2. The van der Waals surface area contributed by atoms with Gasteiger partial charge in [-0.3, -0.25) is 9.48 Å². The van der Waals surface area contributed by atoms with Crippen LogP contribution < -0.4 is 0 Å². The van der Waals surface area contributed by atoms with Crippen molar-refractivity contribution in [1.29, 1.82) is 0 Å². The standard InChI is InChI=1S/C14H14F2N2O/c1-4-9-7-11(18(3)17-9)14(19)12-10(15)6-5-8(2)13(12)16/h5-7H,4H2,1-3H3. The smallest absolute Gasteiger partial charge is 0.216 e. The first-order chi connectivity index (χ1) is 8.95. The van der Waals surface area contributed by atoms with Crippen LogP contribution in [-0.2, 0) is 13.5 Å². The highest BCUT2D eigenvalue weighted by Gasteiger charge is 2.23. The topological polar surface area (TPSA) is 34.9 Å². The third-order valence-electron chi connectivity index (χ3n) is 3.04. The molecule has 1 heterocycles. The molecule has 2 aromatic rings. The largest absolute Gasteiger partial charge is 0.287 e. The van der Waals surface area contributed by atoms with Crippen LogP contribution in [0.3, 0.4) is 0 Å². The Balaban J connectivity index is 2.56. The third-order valence-corrected chi connectivity index (χ3v) is 3.04. The maximum Gasteiger partial charge on any atom is 0.216 e. The molecule has 19 heavy (non-hydrogen) atoms. The Labute approximate surface area is 109 Å². The van der Waals surface area contributed by atoms with E-state index in [1.165, 1.54) is 17.7 Å². The van der Waals surface area contributed by atoms with Crippen molar-refractivity contribution < 1.29 is 13.6 Å². The van der Waals surface area contributed by atoms with Crippen molar-refractivity contribution in [1.82, 2.24) is 9.78 Å². The summed E-state index contributed by atoms with van der Waals surface area (Å²) < 4.78 is 29.0. The van der Waals surface area contributed by atoms with Gasteiger partial charge >= 0.3 is 0 Å². The van der Waals surface area contributed by atoms with E-state index in [4.69, 9.17) is 0 Å². The number of rotatable bonds is 3. The molecule has 0 N–H and O–H groups in total. The number of halogens is 2. The highest BCUT2D eigenvalue weighted by Crippen LogP contribution is 2.20. The van der Waals surface area contributed by atoms with Crippen molar-refractivity contribution in [3.63, 3.8) is 0 Å². The molecule has 0 bridgehead atoms. The van der Waals surface area contributed by atoms with E-state index in [1.54, 1.807) is 13.1 Å². The molecule has 1 aromatic carbocycles. The van der Waals surface area contributed by atoms with Crippen molar-refractivity contribution in [3.8, 4) is 0 Å². The van der Waals surface area contributed by atoms with Gasteiger partial charge in [-0.05, 0) is 31.0 Å². The van der Waals surface area contributed by atoms with E-state index in [-0.39, 0.29) is 11.3 Å². The Morgan fingerprint density at radius 3 is 2.63 bits per heavy atom. The maximum atomic E-state index is 13.9. The number of carbonyl (C=O) groups is 1. The lowest BCUT2D eigenvalue weighted by Crippen LogP contribution is -2.13. The van der Waals surface area contributed by atoms with E-state index in [9.17, 15) is 13.6 Å². The molecule has 100 valence electrons. The van der Waals surface area contributed by atoms with Gasteiger partial charge < -0.3 is 0 Å². The summed E-state index contributed by atoms with van der Waals surface area (Å²) in [5, 5.41) is 4.11. The molecule has 0 unspecified atom stereocenters. The van der Waals surface area contributed by atoms with Gasteiger partial charge in [-0.1, -0.05) is 13.0 Å². The average Bonchev–Trinajstić information content (AvgIpc) is 2.75. The summed E-state index contributed by atoms with van der Waals surface area (Å²) in [6, 6.07) is 3.97. The van der Waals surface area contributed by atoms with Crippen LogP contribution in [0.25, 0.3) is 0 Å². The predicted molar refractivity (Wildman–Crippen MR) is 67.1 cm³/mol. The zero-order valence-electron chi connectivity index (χ0n) is 11.0. The van der Waals surface area contributed by atoms with Gasteiger partial charge in [-0.15, -0.1) is 0 Å². The molecule has 0 saturated heterocycles. The first-order valence-corrected chi connectivity index (χ1v) is 5.98. The van der Waals surface area contributed by atoms with Crippen molar-refractivity contribution in [3.05, 3.63) is 52.3 Å². The summed E-state index contributed by atoms with van der Waals surface area (Å²) in [5.74, 6) is -2.36. The van der Waals surface area contributed by atoms with Crippen molar-refractivity contribution >= 4 is 5.78 Å². The second kappa shape index (κ2) is 4.91. The molecule has 2 rings (SSSR count). The molecule has 0 amide bonds. The highest BCUT2D eigenvalue weighted by molar-refractivity contribution is 6.08. The molecule has 0 aliphatic carbocycles. The Kier molecular flexibility index (Phi) is 3.46. The van der Waals surface area contributed by atoms with Gasteiger partial charge in [0.2, 0.25) is 5.78 Å².